The van der Waals surface area contributed by atoms with Crippen LogP contribution < -0.4 is 4.74 Å². The van der Waals surface area contributed by atoms with Gasteiger partial charge in [-0.2, -0.15) is 0 Å². The predicted molar refractivity (Wildman–Crippen MR) is 120 cm³/mol. The Morgan fingerprint density at radius 3 is 2.42 bits per heavy atom. The van der Waals surface area contributed by atoms with Gasteiger partial charge in [0.2, 0.25) is 0 Å². The van der Waals surface area contributed by atoms with Gasteiger partial charge in [-0.1, -0.05) is 45.4 Å². The molecule has 2 aliphatic carbocycles. The van der Waals surface area contributed by atoms with E-state index in [0.717, 1.165) is 25.2 Å². The molecule has 2 aromatic carbocycles. The molecule has 2 unspecified atom stereocenters. The first kappa shape index (κ1) is 22.5. The van der Waals surface area contributed by atoms with Gasteiger partial charge >= 0.3 is 0 Å². The van der Waals surface area contributed by atoms with Crippen molar-refractivity contribution < 1.29 is 17.9 Å². The van der Waals surface area contributed by atoms with Gasteiger partial charge in [-0.15, -0.1) is 0 Å². The summed E-state index contributed by atoms with van der Waals surface area (Å²) in [4.78, 5) is 0. The van der Waals surface area contributed by atoms with Gasteiger partial charge in [0.05, 0.1) is 12.5 Å². The van der Waals surface area contributed by atoms with Crippen LogP contribution in [-0.4, -0.2) is 7.11 Å². The molecule has 2 saturated carbocycles. The molecule has 2 fully saturated rings. The predicted octanol–water partition coefficient (Wildman–Crippen LogP) is 8.54. The van der Waals surface area contributed by atoms with Crippen molar-refractivity contribution in [2.45, 2.75) is 83.5 Å². The molecule has 0 amide bonds. The van der Waals surface area contributed by atoms with Gasteiger partial charge in [0.1, 0.15) is 23.2 Å². The van der Waals surface area contributed by atoms with E-state index in [1.54, 1.807) is 0 Å². The standard InChI is InChI=1S/C27H35F3O/c1-3-4-5-6-7-17-8-9-19-13-20(11-10-18(19)12-17)25-23(28)15-21-14-22(31-2)16-24(29)26(21)27(25)30/h14-20H,3-13H2,1-2H3/t17?,18-,19?,20-/m1/s1. The van der Waals surface area contributed by atoms with Crippen LogP contribution in [0.5, 0.6) is 5.75 Å². The molecule has 4 atom stereocenters. The van der Waals surface area contributed by atoms with Crippen molar-refractivity contribution in [3.05, 3.63) is 41.2 Å². The van der Waals surface area contributed by atoms with E-state index in [9.17, 15) is 4.39 Å². The van der Waals surface area contributed by atoms with Crippen molar-refractivity contribution in [2.24, 2.45) is 17.8 Å². The van der Waals surface area contributed by atoms with Crippen LogP contribution in [-0.2, 0) is 0 Å². The third-order valence-electron chi connectivity index (χ3n) is 7.92. The van der Waals surface area contributed by atoms with E-state index in [1.165, 1.54) is 76.7 Å². The number of methoxy groups -OCH3 is 1. The Morgan fingerprint density at radius 1 is 0.871 bits per heavy atom. The van der Waals surface area contributed by atoms with E-state index < -0.39 is 17.5 Å². The molecule has 0 saturated heterocycles. The fraction of sp³-hybridized carbons (Fsp3) is 0.630. The molecule has 4 heteroatoms. The number of halogens is 3. The van der Waals surface area contributed by atoms with Gasteiger partial charge in [0, 0.05) is 11.6 Å². The smallest absolute Gasteiger partial charge is 0.140 e. The monoisotopic (exact) mass is 432 g/mol. The van der Waals surface area contributed by atoms with Crippen molar-refractivity contribution in [1.82, 2.24) is 0 Å². The van der Waals surface area contributed by atoms with Gasteiger partial charge in [0.15, 0.2) is 0 Å². The van der Waals surface area contributed by atoms with E-state index >= 15 is 8.78 Å². The van der Waals surface area contributed by atoms with E-state index in [2.05, 4.69) is 6.92 Å². The average molecular weight is 433 g/mol. The number of benzene rings is 2. The maximum atomic E-state index is 15.4. The summed E-state index contributed by atoms with van der Waals surface area (Å²) in [6, 6.07) is 3.94. The number of ether oxygens (including phenoxy) is 1. The normalized spacial score (nSPS) is 26.1. The Labute approximate surface area is 184 Å². The van der Waals surface area contributed by atoms with Crippen molar-refractivity contribution in [3.8, 4) is 5.75 Å². The van der Waals surface area contributed by atoms with Crippen molar-refractivity contribution in [2.75, 3.05) is 7.11 Å². The maximum absolute atomic E-state index is 15.4. The Bertz CT molecular complexity index is 909. The molecule has 0 aromatic heterocycles. The minimum Gasteiger partial charge on any atom is -0.497 e. The van der Waals surface area contributed by atoms with E-state index in [-0.39, 0.29) is 28.0 Å². The lowest BCUT2D eigenvalue weighted by atomic mass is 9.63. The summed E-state index contributed by atoms with van der Waals surface area (Å²) in [6.07, 6.45) is 13.0. The van der Waals surface area contributed by atoms with Gasteiger partial charge in [0.25, 0.3) is 0 Å². The molecule has 0 aliphatic heterocycles. The summed E-state index contributed by atoms with van der Waals surface area (Å²) in [5, 5.41) is 0.1000. The summed E-state index contributed by atoms with van der Waals surface area (Å²) in [6.45, 7) is 2.25. The highest BCUT2D eigenvalue weighted by Crippen LogP contribution is 2.49. The number of fused-ring (bicyclic) bond motifs is 2. The van der Waals surface area contributed by atoms with Crippen LogP contribution in [0.3, 0.4) is 0 Å². The summed E-state index contributed by atoms with van der Waals surface area (Å²) in [7, 11) is 1.42. The van der Waals surface area contributed by atoms with Crippen LogP contribution in [0.25, 0.3) is 10.8 Å². The SMILES string of the molecule is CCCCCCC1CCC2C[C@H](c3c(F)cc4cc(OC)cc(F)c4c3F)CC[C@@H]2C1. The molecule has 0 N–H and O–H groups in total. The minimum atomic E-state index is -0.719. The molecule has 2 aromatic rings. The molecule has 4 rings (SSSR count). The Balaban J connectivity index is 1.48. The van der Waals surface area contributed by atoms with Gasteiger partial charge in [-0.25, -0.2) is 13.2 Å². The zero-order valence-electron chi connectivity index (χ0n) is 18.9. The fourth-order valence-corrected chi connectivity index (χ4v) is 6.26. The van der Waals surface area contributed by atoms with Crippen LogP contribution in [0.2, 0.25) is 0 Å². The summed E-state index contributed by atoms with van der Waals surface area (Å²) < 4.78 is 50.0. The van der Waals surface area contributed by atoms with E-state index in [0.29, 0.717) is 11.8 Å². The first-order valence-corrected chi connectivity index (χ1v) is 12.2. The summed E-state index contributed by atoms with van der Waals surface area (Å²) in [5.41, 5.74) is 0.0942. The largest absolute Gasteiger partial charge is 0.497 e. The number of hydrogen-bond donors (Lipinski definition) is 0. The second-order valence-corrected chi connectivity index (χ2v) is 9.85. The molecule has 31 heavy (non-hydrogen) atoms. The van der Waals surface area contributed by atoms with Crippen LogP contribution in [0, 0.1) is 35.2 Å². The maximum Gasteiger partial charge on any atom is 0.140 e. The molecule has 2 aliphatic rings. The van der Waals surface area contributed by atoms with E-state index in [4.69, 9.17) is 4.74 Å². The summed E-state index contributed by atoms with van der Waals surface area (Å²) >= 11 is 0. The van der Waals surface area contributed by atoms with Gasteiger partial charge in [-0.05, 0) is 73.3 Å². The Hall–Kier alpha value is -1.71. The zero-order chi connectivity index (χ0) is 22.0. The van der Waals surface area contributed by atoms with Crippen molar-refractivity contribution in [1.29, 1.82) is 0 Å². The first-order chi connectivity index (χ1) is 15.0. The molecule has 1 nitrogen and oxygen atoms in total. The second kappa shape index (κ2) is 9.83. The highest BCUT2D eigenvalue weighted by atomic mass is 19.1. The molecule has 0 heterocycles. The minimum absolute atomic E-state index is 0.0942. The third-order valence-corrected chi connectivity index (χ3v) is 7.92. The highest BCUT2D eigenvalue weighted by molar-refractivity contribution is 5.86. The van der Waals surface area contributed by atoms with Crippen LogP contribution in [0.15, 0.2) is 18.2 Å². The van der Waals surface area contributed by atoms with Crippen LogP contribution in [0.4, 0.5) is 13.2 Å². The molecular weight excluding hydrogens is 397 g/mol. The molecule has 170 valence electrons. The van der Waals surface area contributed by atoms with Crippen molar-refractivity contribution >= 4 is 10.8 Å². The lowest BCUT2D eigenvalue weighted by Crippen LogP contribution is -2.31. The fourth-order valence-electron chi connectivity index (χ4n) is 6.26. The topological polar surface area (TPSA) is 9.23 Å². The Kier molecular flexibility index (Phi) is 7.13. The number of unbranched alkanes of at least 4 members (excludes halogenated alkanes) is 3. The first-order valence-electron chi connectivity index (χ1n) is 12.2. The molecule has 0 radical (unpaired) electrons. The van der Waals surface area contributed by atoms with Crippen molar-refractivity contribution in [3.63, 3.8) is 0 Å². The molecule has 0 bridgehead atoms. The molecular formula is C27H35F3O. The van der Waals surface area contributed by atoms with E-state index in [1.807, 2.05) is 0 Å². The number of rotatable bonds is 7. The number of hydrogen-bond acceptors (Lipinski definition) is 1. The van der Waals surface area contributed by atoms with Crippen LogP contribution >= 0.6 is 0 Å². The Morgan fingerprint density at radius 2 is 1.65 bits per heavy atom. The second-order valence-electron chi connectivity index (χ2n) is 9.85. The molecule has 0 spiro atoms. The highest BCUT2D eigenvalue weighted by Gasteiger charge is 2.37. The average Bonchev–Trinajstić information content (AvgIpc) is 2.76. The van der Waals surface area contributed by atoms with Crippen LogP contribution in [0.1, 0.15) is 89.0 Å². The quantitative estimate of drug-likeness (QED) is 0.398. The lowest BCUT2D eigenvalue weighted by Gasteiger charge is -2.42. The lowest BCUT2D eigenvalue weighted by molar-refractivity contribution is 0.111. The summed E-state index contributed by atoms with van der Waals surface area (Å²) in [5.74, 6) is 0.207. The third kappa shape index (κ3) is 4.73. The zero-order valence-corrected chi connectivity index (χ0v) is 18.9. The van der Waals surface area contributed by atoms with Gasteiger partial charge in [-0.3, -0.25) is 0 Å². The van der Waals surface area contributed by atoms with Gasteiger partial charge < -0.3 is 4.74 Å².